The molecule has 14 heavy (non-hydrogen) atoms. The first-order chi connectivity index (χ1) is 6.70. The van der Waals surface area contributed by atoms with E-state index in [1.807, 2.05) is 0 Å². The van der Waals surface area contributed by atoms with Crippen LogP contribution >= 0.6 is 0 Å². The Labute approximate surface area is 82.7 Å². The second kappa shape index (κ2) is 8.21. The molecule has 6 nitrogen and oxygen atoms in total. The van der Waals surface area contributed by atoms with Gasteiger partial charge in [0.05, 0.1) is 0 Å². The molecule has 6 heteroatoms. The first kappa shape index (κ1) is 12.6. The van der Waals surface area contributed by atoms with Gasteiger partial charge in [-0.3, -0.25) is 9.59 Å². The van der Waals surface area contributed by atoms with Crippen molar-refractivity contribution in [3.63, 3.8) is 0 Å². The van der Waals surface area contributed by atoms with Gasteiger partial charge in [0, 0.05) is 38.3 Å². The van der Waals surface area contributed by atoms with Gasteiger partial charge in [-0.05, 0) is 0 Å². The van der Waals surface area contributed by atoms with Crippen LogP contribution in [0.3, 0.4) is 0 Å². The molecule has 0 aliphatic heterocycles. The predicted octanol–water partition coefficient (Wildman–Crippen LogP) is -2.31. The van der Waals surface area contributed by atoms with E-state index in [2.05, 4.69) is 10.6 Å². The van der Waals surface area contributed by atoms with Gasteiger partial charge in [0.25, 0.3) is 0 Å². The van der Waals surface area contributed by atoms with Crippen LogP contribution in [-0.2, 0) is 9.59 Å². The average Bonchev–Trinajstić information content (AvgIpc) is 2.20. The van der Waals surface area contributed by atoms with E-state index in [1.54, 1.807) is 0 Å². The number of carbonyl (C=O) groups excluding carboxylic acids is 2. The molecule has 0 saturated heterocycles. The molecule has 0 aliphatic rings. The van der Waals surface area contributed by atoms with Gasteiger partial charge in [0.15, 0.2) is 0 Å². The van der Waals surface area contributed by atoms with Crippen molar-refractivity contribution in [2.24, 2.45) is 11.5 Å². The number of carbonyl (C=O) groups is 2. The van der Waals surface area contributed by atoms with E-state index in [4.69, 9.17) is 11.5 Å². The Kier molecular flexibility index (Phi) is 7.39. The molecule has 0 aromatic carbocycles. The zero-order valence-corrected chi connectivity index (χ0v) is 7.95. The van der Waals surface area contributed by atoms with Crippen LogP contribution < -0.4 is 22.1 Å². The standard InChI is InChI=1S/C8H16N4O2/c9-3-5-11-7(13)1-2-8(14)12-6-4-10/h1-2H,3-6,9-10H2,(H,11,13)(H,12,14). The third-order valence-corrected chi connectivity index (χ3v) is 1.27. The molecule has 0 aromatic heterocycles. The quantitative estimate of drug-likeness (QED) is 0.361. The second-order valence-electron chi connectivity index (χ2n) is 2.49. The predicted molar refractivity (Wildman–Crippen MR) is 53.3 cm³/mol. The van der Waals surface area contributed by atoms with Gasteiger partial charge in [0.2, 0.25) is 11.8 Å². The maximum atomic E-state index is 10.9. The Morgan fingerprint density at radius 3 is 1.57 bits per heavy atom. The lowest BCUT2D eigenvalue weighted by molar-refractivity contribution is -0.118. The minimum absolute atomic E-state index is 0.335. The third kappa shape index (κ3) is 7.26. The summed E-state index contributed by atoms with van der Waals surface area (Å²) in [4.78, 5) is 21.8. The van der Waals surface area contributed by atoms with Crippen LogP contribution in [0.1, 0.15) is 0 Å². The van der Waals surface area contributed by atoms with Crippen molar-refractivity contribution in [1.82, 2.24) is 10.6 Å². The van der Waals surface area contributed by atoms with Crippen molar-refractivity contribution in [3.8, 4) is 0 Å². The largest absolute Gasteiger partial charge is 0.351 e. The first-order valence-electron chi connectivity index (χ1n) is 4.34. The van der Waals surface area contributed by atoms with Crippen molar-refractivity contribution < 1.29 is 9.59 Å². The number of amides is 2. The van der Waals surface area contributed by atoms with E-state index in [-0.39, 0.29) is 11.8 Å². The molecule has 0 heterocycles. The molecule has 0 fully saturated rings. The molecule has 80 valence electrons. The molecule has 6 N–H and O–H groups in total. The van der Waals surface area contributed by atoms with Crippen LogP contribution in [-0.4, -0.2) is 38.0 Å². The summed E-state index contributed by atoms with van der Waals surface area (Å²) in [7, 11) is 0. The summed E-state index contributed by atoms with van der Waals surface area (Å²) in [6.07, 6.45) is 2.31. The zero-order chi connectivity index (χ0) is 10.8. The fraction of sp³-hybridized carbons (Fsp3) is 0.500. The number of nitrogens with two attached hydrogens (primary N) is 2. The van der Waals surface area contributed by atoms with Crippen LogP contribution in [0.2, 0.25) is 0 Å². The Morgan fingerprint density at radius 2 is 1.29 bits per heavy atom. The summed E-state index contributed by atoms with van der Waals surface area (Å²) in [5.41, 5.74) is 10.3. The summed E-state index contributed by atoms with van der Waals surface area (Å²) in [6, 6.07) is 0. The molecule has 0 spiro atoms. The monoisotopic (exact) mass is 200 g/mol. The van der Waals surface area contributed by atoms with E-state index in [0.29, 0.717) is 26.2 Å². The van der Waals surface area contributed by atoms with Gasteiger partial charge in [-0.1, -0.05) is 0 Å². The molecule has 0 radical (unpaired) electrons. The third-order valence-electron chi connectivity index (χ3n) is 1.27. The maximum absolute atomic E-state index is 10.9. The lowest BCUT2D eigenvalue weighted by atomic mass is 10.4. The normalized spacial score (nSPS) is 10.1. The lowest BCUT2D eigenvalue weighted by Gasteiger charge is -1.98. The van der Waals surface area contributed by atoms with Gasteiger partial charge in [-0.2, -0.15) is 0 Å². The van der Waals surface area contributed by atoms with Crippen LogP contribution in [0.15, 0.2) is 12.2 Å². The molecule has 0 aromatic rings. The minimum Gasteiger partial charge on any atom is -0.351 e. The smallest absolute Gasteiger partial charge is 0.244 e. The summed E-state index contributed by atoms with van der Waals surface area (Å²) in [5.74, 6) is -0.670. The van der Waals surface area contributed by atoms with Crippen molar-refractivity contribution in [2.45, 2.75) is 0 Å². The second-order valence-corrected chi connectivity index (χ2v) is 2.49. The molecule has 0 unspecified atom stereocenters. The maximum Gasteiger partial charge on any atom is 0.244 e. The molecular formula is C8H16N4O2. The van der Waals surface area contributed by atoms with Crippen LogP contribution in [0.5, 0.6) is 0 Å². The van der Waals surface area contributed by atoms with E-state index >= 15 is 0 Å². The number of hydrogen-bond acceptors (Lipinski definition) is 4. The summed E-state index contributed by atoms with van der Waals surface area (Å²) >= 11 is 0. The van der Waals surface area contributed by atoms with Gasteiger partial charge in [0.1, 0.15) is 0 Å². The van der Waals surface area contributed by atoms with E-state index in [9.17, 15) is 9.59 Å². The Balaban J connectivity index is 3.68. The molecule has 2 amide bonds. The van der Waals surface area contributed by atoms with Gasteiger partial charge in [-0.25, -0.2) is 0 Å². The number of hydrogen-bond donors (Lipinski definition) is 4. The topological polar surface area (TPSA) is 110 Å². The molecule has 0 saturated carbocycles. The fourth-order valence-electron chi connectivity index (χ4n) is 0.660. The minimum atomic E-state index is -0.335. The average molecular weight is 200 g/mol. The highest BCUT2D eigenvalue weighted by atomic mass is 16.2. The summed E-state index contributed by atoms with van der Waals surface area (Å²) < 4.78 is 0. The van der Waals surface area contributed by atoms with Crippen molar-refractivity contribution in [2.75, 3.05) is 26.2 Å². The van der Waals surface area contributed by atoms with E-state index < -0.39 is 0 Å². The Hall–Kier alpha value is -1.40. The molecule has 0 atom stereocenters. The lowest BCUT2D eigenvalue weighted by Crippen LogP contribution is -2.29. The van der Waals surface area contributed by atoms with Crippen LogP contribution in [0.4, 0.5) is 0 Å². The SMILES string of the molecule is NCCNC(=O)C=CC(=O)NCCN. The van der Waals surface area contributed by atoms with Gasteiger partial charge < -0.3 is 22.1 Å². The van der Waals surface area contributed by atoms with Gasteiger partial charge >= 0.3 is 0 Å². The van der Waals surface area contributed by atoms with Crippen LogP contribution in [0, 0.1) is 0 Å². The molecule has 0 aliphatic carbocycles. The van der Waals surface area contributed by atoms with Crippen molar-refractivity contribution in [3.05, 3.63) is 12.2 Å². The first-order valence-corrected chi connectivity index (χ1v) is 4.34. The highest BCUT2D eigenvalue weighted by Crippen LogP contribution is 1.74. The van der Waals surface area contributed by atoms with E-state index in [1.165, 1.54) is 0 Å². The zero-order valence-electron chi connectivity index (χ0n) is 7.95. The fourth-order valence-corrected chi connectivity index (χ4v) is 0.660. The Morgan fingerprint density at radius 1 is 0.929 bits per heavy atom. The van der Waals surface area contributed by atoms with Gasteiger partial charge in [-0.15, -0.1) is 0 Å². The van der Waals surface area contributed by atoms with Crippen molar-refractivity contribution >= 4 is 11.8 Å². The molecule has 0 rings (SSSR count). The highest BCUT2D eigenvalue weighted by Gasteiger charge is 1.96. The summed E-state index contributed by atoms with van der Waals surface area (Å²) in [5, 5.41) is 4.98. The summed E-state index contributed by atoms with van der Waals surface area (Å²) in [6.45, 7) is 1.54. The molecule has 0 bridgehead atoms. The highest BCUT2D eigenvalue weighted by molar-refractivity contribution is 5.96. The molecular weight excluding hydrogens is 184 g/mol. The number of nitrogens with one attached hydrogen (secondary N) is 2. The van der Waals surface area contributed by atoms with E-state index in [0.717, 1.165) is 12.2 Å². The van der Waals surface area contributed by atoms with Crippen molar-refractivity contribution in [1.29, 1.82) is 0 Å². The Bertz CT molecular complexity index is 193. The van der Waals surface area contributed by atoms with Crippen LogP contribution in [0.25, 0.3) is 0 Å². The number of rotatable bonds is 6.